The Kier molecular flexibility index (Phi) is 4.77. The number of carbonyl (C=O) groups is 1. The SMILES string of the molecule is C=CC(=O)N1CCC(n2nc(C#Cc3cc4ncn(C5CC5)c4c(F)c3F)c3c(N)ncnc32)C1. The number of imidazole rings is 1. The highest BCUT2D eigenvalue weighted by Gasteiger charge is 2.30. The van der Waals surface area contributed by atoms with Crippen molar-refractivity contribution in [1.29, 1.82) is 0 Å². The van der Waals surface area contributed by atoms with Crippen LogP contribution in [0.2, 0.25) is 0 Å². The van der Waals surface area contributed by atoms with E-state index in [1.165, 1.54) is 24.8 Å². The number of nitrogen functional groups attached to an aromatic ring is 1. The van der Waals surface area contributed by atoms with E-state index in [4.69, 9.17) is 5.73 Å². The Morgan fingerprint density at radius 1 is 1.14 bits per heavy atom. The summed E-state index contributed by atoms with van der Waals surface area (Å²) in [7, 11) is 0. The molecule has 1 saturated heterocycles. The second-order valence-corrected chi connectivity index (χ2v) is 8.73. The summed E-state index contributed by atoms with van der Waals surface area (Å²) in [6, 6.07) is 1.45. The number of amides is 1. The number of nitrogens with zero attached hydrogens (tertiary/aromatic N) is 7. The molecule has 2 aliphatic rings. The number of rotatable bonds is 3. The largest absolute Gasteiger partial charge is 0.383 e. The molecule has 4 heterocycles. The van der Waals surface area contributed by atoms with Gasteiger partial charge in [-0.3, -0.25) is 4.79 Å². The Bertz CT molecular complexity index is 1590. The topological polar surface area (TPSA) is 108 Å². The van der Waals surface area contributed by atoms with Gasteiger partial charge in [-0.05, 0) is 37.3 Å². The molecule has 1 amide bonds. The van der Waals surface area contributed by atoms with Crippen LogP contribution in [0.4, 0.5) is 14.6 Å². The van der Waals surface area contributed by atoms with Crippen LogP contribution in [-0.2, 0) is 4.79 Å². The van der Waals surface area contributed by atoms with Crippen molar-refractivity contribution >= 4 is 33.8 Å². The number of anilines is 1. The van der Waals surface area contributed by atoms with Crippen LogP contribution in [0.3, 0.4) is 0 Å². The van der Waals surface area contributed by atoms with Gasteiger partial charge in [0.2, 0.25) is 5.91 Å². The highest BCUT2D eigenvalue weighted by Crippen LogP contribution is 2.38. The van der Waals surface area contributed by atoms with Gasteiger partial charge in [0.15, 0.2) is 17.3 Å². The molecule has 4 aromatic rings. The van der Waals surface area contributed by atoms with Gasteiger partial charge in [0.25, 0.3) is 0 Å². The first-order valence-corrected chi connectivity index (χ1v) is 11.2. The first-order chi connectivity index (χ1) is 17.0. The summed E-state index contributed by atoms with van der Waals surface area (Å²) in [5.41, 5.74) is 7.18. The van der Waals surface area contributed by atoms with Gasteiger partial charge in [-0.1, -0.05) is 12.5 Å². The molecular formula is C24H20F2N8O. The molecule has 1 aliphatic heterocycles. The molecule has 2 fully saturated rings. The quantitative estimate of drug-likeness (QED) is 0.361. The zero-order valence-corrected chi connectivity index (χ0v) is 18.6. The number of carbonyl (C=O) groups excluding carboxylic acids is 1. The van der Waals surface area contributed by atoms with Crippen molar-refractivity contribution in [2.24, 2.45) is 0 Å². The number of fused-ring (bicyclic) bond motifs is 2. The maximum absolute atomic E-state index is 14.9. The van der Waals surface area contributed by atoms with Crippen molar-refractivity contribution in [3.63, 3.8) is 0 Å². The van der Waals surface area contributed by atoms with Crippen LogP contribution in [0.5, 0.6) is 0 Å². The van der Waals surface area contributed by atoms with E-state index in [0.29, 0.717) is 36.1 Å². The van der Waals surface area contributed by atoms with Crippen molar-refractivity contribution in [3.05, 3.63) is 54.3 Å². The van der Waals surface area contributed by atoms with E-state index in [2.05, 4.69) is 38.5 Å². The first kappa shape index (κ1) is 21.2. The van der Waals surface area contributed by atoms with E-state index in [9.17, 15) is 13.6 Å². The molecule has 176 valence electrons. The summed E-state index contributed by atoms with van der Waals surface area (Å²) in [5, 5.41) is 5.00. The summed E-state index contributed by atoms with van der Waals surface area (Å²) in [4.78, 5) is 26.3. The van der Waals surface area contributed by atoms with E-state index in [-0.39, 0.29) is 40.6 Å². The Morgan fingerprint density at radius 2 is 1.97 bits per heavy atom. The molecule has 3 aromatic heterocycles. The minimum absolute atomic E-state index is 0.127. The summed E-state index contributed by atoms with van der Waals surface area (Å²) in [6.07, 6.45) is 6.65. The first-order valence-electron chi connectivity index (χ1n) is 11.2. The minimum Gasteiger partial charge on any atom is -0.383 e. The molecule has 9 nitrogen and oxygen atoms in total. The van der Waals surface area contributed by atoms with Crippen LogP contribution in [0.25, 0.3) is 22.1 Å². The van der Waals surface area contributed by atoms with Gasteiger partial charge < -0.3 is 15.2 Å². The zero-order valence-electron chi connectivity index (χ0n) is 18.6. The zero-order chi connectivity index (χ0) is 24.3. The molecule has 0 radical (unpaired) electrons. The molecule has 2 N–H and O–H groups in total. The maximum atomic E-state index is 14.9. The lowest BCUT2D eigenvalue weighted by Gasteiger charge is -2.14. The van der Waals surface area contributed by atoms with Gasteiger partial charge in [-0.2, -0.15) is 5.10 Å². The standard InChI is InChI=1S/C24H20F2N8O/c1-2-18(35)32-8-7-15(10-32)34-24-19(23(27)28-11-29-24)16(31-34)6-3-13-9-17-22(21(26)20(13)25)33(12-30-17)14-4-5-14/h2,9,11-12,14-15H,1,4-5,7-8,10H2,(H2,27,28,29). The van der Waals surface area contributed by atoms with Crippen molar-refractivity contribution in [3.8, 4) is 11.8 Å². The molecule has 1 saturated carbocycles. The van der Waals surface area contributed by atoms with Gasteiger partial charge >= 0.3 is 0 Å². The molecule has 1 aliphatic carbocycles. The van der Waals surface area contributed by atoms with Crippen LogP contribution in [0.1, 0.15) is 42.6 Å². The van der Waals surface area contributed by atoms with Crippen LogP contribution >= 0.6 is 0 Å². The fraction of sp³-hybridized carbons (Fsp3) is 0.292. The normalized spacial score (nSPS) is 17.7. The number of likely N-dealkylation sites (tertiary alicyclic amines) is 1. The van der Waals surface area contributed by atoms with Gasteiger partial charge in [-0.15, -0.1) is 0 Å². The summed E-state index contributed by atoms with van der Waals surface area (Å²) in [6.45, 7) is 4.52. The molecule has 0 spiro atoms. The summed E-state index contributed by atoms with van der Waals surface area (Å²) >= 11 is 0. The van der Waals surface area contributed by atoms with Gasteiger partial charge in [0.1, 0.15) is 23.4 Å². The van der Waals surface area contributed by atoms with Crippen LogP contribution in [0, 0.1) is 23.5 Å². The smallest absolute Gasteiger partial charge is 0.246 e. The Labute approximate surface area is 198 Å². The van der Waals surface area contributed by atoms with Crippen LogP contribution in [0.15, 0.2) is 31.4 Å². The second-order valence-electron chi connectivity index (χ2n) is 8.73. The third-order valence-electron chi connectivity index (χ3n) is 6.51. The Hall–Kier alpha value is -4.33. The molecule has 0 bridgehead atoms. The molecule has 1 atom stereocenters. The highest BCUT2D eigenvalue weighted by molar-refractivity contribution is 5.91. The summed E-state index contributed by atoms with van der Waals surface area (Å²) in [5.74, 6) is 3.54. The number of hydrogen-bond donors (Lipinski definition) is 1. The third-order valence-corrected chi connectivity index (χ3v) is 6.51. The maximum Gasteiger partial charge on any atom is 0.246 e. The van der Waals surface area contributed by atoms with E-state index >= 15 is 0 Å². The lowest BCUT2D eigenvalue weighted by Crippen LogP contribution is -2.27. The van der Waals surface area contributed by atoms with Crippen molar-refractivity contribution in [1.82, 2.24) is 34.2 Å². The minimum atomic E-state index is -1.03. The van der Waals surface area contributed by atoms with Crippen molar-refractivity contribution in [2.45, 2.75) is 31.3 Å². The number of aromatic nitrogens is 6. The number of hydrogen-bond acceptors (Lipinski definition) is 6. The monoisotopic (exact) mass is 474 g/mol. The Morgan fingerprint density at radius 3 is 2.74 bits per heavy atom. The third kappa shape index (κ3) is 3.41. The Balaban J connectivity index is 1.42. The fourth-order valence-corrected chi connectivity index (χ4v) is 4.58. The number of halogens is 2. The van der Waals surface area contributed by atoms with Crippen LogP contribution < -0.4 is 5.73 Å². The summed E-state index contributed by atoms with van der Waals surface area (Å²) < 4.78 is 33.2. The average Bonchev–Trinajstić information content (AvgIpc) is 3.27. The lowest BCUT2D eigenvalue weighted by atomic mass is 10.1. The predicted molar refractivity (Wildman–Crippen MR) is 124 cm³/mol. The number of benzene rings is 1. The lowest BCUT2D eigenvalue weighted by molar-refractivity contribution is -0.125. The molecule has 1 unspecified atom stereocenters. The van der Waals surface area contributed by atoms with Gasteiger partial charge in [0.05, 0.1) is 28.8 Å². The highest BCUT2D eigenvalue weighted by atomic mass is 19.2. The van der Waals surface area contributed by atoms with E-state index in [1.807, 2.05) is 0 Å². The van der Waals surface area contributed by atoms with E-state index in [0.717, 1.165) is 12.8 Å². The second kappa shape index (κ2) is 7.87. The van der Waals surface area contributed by atoms with Crippen molar-refractivity contribution < 1.29 is 13.6 Å². The fourth-order valence-electron chi connectivity index (χ4n) is 4.58. The van der Waals surface area contributed by atoms with E-state index in [1.54, 1.807) is 14.1 Å². The molecule has 11 heteroatoms. The van der Waals surface area contributed by atoms with Gasteiger partial charge in [0, 0.05) is 19.1 Å². The predicted octanol–water partition coefficient (Wildman–Crippen LogP) is 2.73. The molecular weight excluding hydrogens is 454 g/mol. The molecule has 6 rings (SSSR count). The average molecular weight is 474 g/mol. The van der Waals surface area contributed by atoms with Gasteiger partial charge in [-0.25, -0.2) is 28.4 Å². The van der Waals surface area contributed by atoms with Crippen molar-refractivity contribution in [2.75, 3.05) is 18.8 Å². The molecule has 1 aromatic carbocycles. The number of nitrogens with two attached hydrogens (primary N) is 1. The van der Waals surface area contributed by atoms with Crippen LogP contribution in [-0.4, -0.2) is 53.2 Å². The molecule has 35 heavy (non-hydrogen) atoms. The van der Waals surface area contributed by atoms with E-state index < -0.39 is 11.6 Å².